The summed E-state index contributed by atoms with van der Waals surface area (Å²) >= 11 is 0. The zero-order valence-electron chi connectivity index (χ0n) is 17.7. The van der Waals surface area contributed by atoms with Gasteiger partial charge < -0.3 is 10.1 Å². The van der Waals surface area contributed by atoms with E-state index in [-0.39, 0.29) is 11.8 Å². The summed E-state index contributed by atoms with van der Waals surface area (Å²) in [6.07, 6.45) is 1.29. The molecule has 1 N–H and O–H groups in total. The Balaban J connectivity index is 1.60. The fraction of sp³-hybridized carbons (Fsp3) is 0.318. The van der Waals surface area contributed by atoms with Crippen LogP contribution in [0.3, 0.4) is 0 Å². The molecule has 0 aliphatic carbocycles. The number of benzene rings is 1. The maximum atomic E-state index is 12.7. The molecule has 1 aliphatic heterocycles. The Labute approximate surface area is 179 Å². The Morgan fingerprint density at radius 2 is 2.03 bits per heavy atom. The van der Waals surface area contributed by atoms with E-state index in [0.29, 0.717) is 36.1 Å². The molecule has 0 unspecified atom stereocenters. The third kappa shape index (κ3) is 3.31. The highest BCUT2D eigenvalue weighted by Gasteiger charge is 2.33. The Morgan fingerprint density at radius 1 is 1.16 bits per heavy atom. The normalized spacial score (nSPS) is 15.7. The van der Waals surface area contributed by atoms with Gasteiger partial charge in [-0.1, -0.05) is 19.1 Å². The van der Waals surface area contributed by atoms with Gasteiger partial charge in [0.2, 0.25) is 5.91 Å². The van der Waals surface area contributed by atoms with Gasteiger partial charge in [-0.25, -0.2) is 0 Å². The number of hydrogen-bond donors (Lipinski definition) is 1. The number of rotatable bonds is 5. The standard InChI is InChI=1S/C22H23N7O2/c1-4-10-31-16-7-5-6-15(11-16)17-12-20(30)23-22-21(17)13(2)26-29(22)19-9-8-18-25-24-14(3)28(18)27-19/h5-9,11,17H,4,10,12H2,1-3H3,(H,23,30)/t17-/m1/s1. The van der Waals surface area contributed by atoms with E-state index >= 15 is 0 Å². The van der Waals surface area contributed by atoms with Crippen LogP contribution in [0.15, 0.2) is 36.4 Å². The Hall–Kier alpha value is -3.75. The highest BCUT2D eigenvalue weighted by atomic mass is 16.5. The molecule has 4 heterocycles. The van der Waals surface area contributed by atoms with Gasteiger partial charge in [-0.15, -0.1) is 15.3 Å². The second-order valence-corrected chi connectivity index (χ2v) is 7.69. The van der Waals surface area contributed by atoms with Crippen molar-refractivity contribution < 1.29 is 9.53 Å². The maximum absolute atomic E-state index is 12.7. The quantitative estimate of drug-likeness (QED) is 0.535. The zero-order chi connectivity index (χ0) is 21.5. The smallest absolute Gasteiger partial charge is 0.226 e. The summed E-state index contributed by atoms with van der Waals surface area (Å²) in [7, 11) is 0. The van der Waals surface area contributed by atoms with Crippen molar-refractivity contribution in [3.63, 3.8) is 0 Å². The van der Waals surface area contributed by atoms with Gasteiger partial charge in [-0.05, 0) is 50.1 Å². The minimum absolute atomic E-state index is 0.0555. The van der Waals surface area contributed by atoms with Crippen LogP contribution in [0, 0.1) is 13.8 Å². The zero-order valence-corrected chi connectivity index (χ0v) is 17.7. The highest BCUT2D eigenvalue weighted by molar-refractivity contribution is 5.95. The average Bonchev–Trinajstić information content (AvgIpc) is 3.31. The number of amides is 1. The van der Waals surface area contributed by atoms with Crippen LogP contribution < -0.4 is 10.1 Å². The van der Waals surface area contributed by atoms with Crippen LogP contribution in [0.5, 0.6) is 5.75 Å². The molecule has 3 aromatic heterocycles. The summed E-state index contributed by atoms with van der Waals surface area (Å²) in [6, 6.07) is 11.6. The molecule has 5 rings (SSSR count). The number of fused-ring (bicyclic) bond motifs is 2. The van der Waals surface area contributed by atoms with Crippen LogP contribution in [-0.2, 0) is 4.79 Å². The van der Waals surface area contributed by atoms with E-state index in [2.05, 4.69) is 27.5 Å². The number of aryl methyl sites for hydroxylation is 2. The first kappa shape index (κ1) is 19.2. The van der Waals surface area contributed by atoms with Crippen molar-refractivity contribution >= 4 is 17.4 Å². The van der Waals surface area contributed by atoms with Crippen molar-refractivity contribution in [1.29, 1.82) is 0 Å². The van der Waals surface area contributed by atoms with E-state index < -0.39 is 0 Å². The van der Waals surface area contributed by atoms with E-state index in [0.717, 1.165) is 29.0 Å². The Morgan fingerprint density at radius 3 is 2.87 bits per heavy atom. The monoisotopic (exact) mass is 417 g/mol. The largest absolute Gasteiger partial charge is 0.494 e. The highest BCUT2D eigenvalue weighted by Crippen LogP contribution is 2.40. The fourth-order valence-corrected chi connectivity index (χ4v) is 4.04. The van der Waals surface area contributed by atoms with Crippen LogP contribution in [0.1, 0.15) is 48.3 Å². The van der Waals surface area contributed by atoms with Gasteiger partial charge in [-0.2, -0.15) is 14.3 Å². The number of ether oxygens (including phenoxy) is 1. The summed E-state index contributed by atoms with van der Waals surface area (Å²) in [5.74, 6) is 2.56. The first-order valence-corrected chi connectivity index (χ1v) is 10.4. The second kappa shape index (κ2) is 7.50. The number of hydrogen-bond acceptors (Lipinski definition) is 6. The molecule has 0 bridgehead atoms. The first-order valence-electron chi connectivity index (χ1n) is 10.4. The van der Waals surface area contributed by atoms with Crippen LogP contribution in [0.25, 0.3) is 11.5 Å². The molecular formula is C22H23N7O2. The van der Waals surface area contributed by atoms with Crippen LogP contribution in [0.4, 0.5) is 5.82 Å². The van der Waals surface area contributed by atoms with Gasteiger partial charge in [0.25, 0.3) is 0 Å². The molecule has 0 saturated carbocycles. The molecule has 31 heavy (non-hydrogen) atoms. The number of aromatic nitrogens is 6. The van der Waals surface area contributed by atoms with E-state index in [1.165, 1.54) is 0 Å². The van der Waals surface area contributed by atoms with E-state index in [1.54, 1.807) is 9.20 Å². The lowest BCUT2D eigenvalue weighted by Gasteiger charge is -2.24. The van der Waals surface area contributed by atoms with Gasteiger partial charge in [0.05, 0.1) is 12.3 Å². The average molecular weight is 417 g/mol. The summed E-state index contributed by atoms with van der Waals surface area (Å²) in [5, 5.41) is 20.5. The Bertz CT molecular complexity index is 1290. The maximum Gasteiger partial charge on any atom is 0.226 e. The van der Waals surface area contributed by atoms with Crippen molar-refractivity contribution in [3.8, 4) is 11.6 Å². The summed E-state index contributed by atoms with van der Waals surface area (Å²) in [6.45, 7) is 6.53. The van der Waals surface area contributed by atoms with Crippen molar-refractivity contribution in [1.82, 2.24) is 29.6 Å². The van der Waals surface area contributed by atoms with Gasteiger partial charge in [0.15, 0.2) is 17.3 Å². The molecule has 0 saturated heterocycles. The van der Waals surface area contributed by atoms with Crippen LogP contribution in [0.2, 0.25) is 0 Å². The van der Waals surface area contributed by atoms with E-state index in [4.69, 9.17) is 9.84 Å². The van der Waals surface area contributed by atoms with Gasteiger partial charge >= 0.3 is 0 Å². The molecule has 1 atom stereocenters. The lowest BCUT2D eigenvalue weighted by molar-refractivity contribution is -0.116. The fourth-order valence-electron chi connectivity index (χ4n) is 4.04. The van der Waals surface area contributed by atoms with Gasteiger partial charge in [0.1, 0.15) is 11.6 Å². The van der Waals surface area contributed by atoms with Crippen molar-refractivity contribution in [3.05, 3.63) is 59.0 Å². The Kier molecular flexibility index (Phi) is 4.65. The van der Waals surface area contributed by atoms with Crippen molar-refractivity contribution in [2.24, 2.45) is 0 Å². The molecule has 1 amide bonds. The van der Waals surface area contributed by atoms with Crippen molar-refractivity contribution in [2.45, 2.75) is 39.5 Å². The predicted molar refractivity (Wildman–Crippen MR) is 115 cm³/mol. The molecule has 158 valence electrons. The summed E-state index contributed by atoms with van der Waals surface area (Å²) in [4.78, 5) is 12.7. The van der Waals surface area contributed by atoms with Crippen LogP contribution >= 0.6 is 0 Å². The number of carbonyl (C=O) groups excluding carboxylic acids is 1. The summed E-state index contributed by atoms with van der Waals surface area (Å²) < 4.78 is 9.15. The third-order valence-electron chi connectivity index (χ3n) is 5.46. The molecule has 0 fully saturated rings. The molecule has 0 radical (unpaired) electrons. The minimum atomic E-state index is -0.108. The number of carbonyl (C=O) groups is 1. The van der Waals surface area contributed by atoms with Gasteiger partial charge in [0, 0.05) is 17.9 Å². The molecule has 4 aromatic rings. The molecular weight excluding hydrogens is 394 g/mol. The molecule has 9 nitrogen and oxygen atoms in total. The van der Waals surface area contributed by atoms with Crippen LogP contribution in [-0.4, -0.2) is 42.1 Å². The minimum Gasteiger partial charge on any atom is -0.494 e. The first-order chi connectivity index (χ1) is 15.0. The molecule has 1 aliphatic rings. The lowest BCUT2D eigenvalue weighted by Crippen LogP contribution is -2.25. The van der Waals surface area contributed by atoms with E-state index in [1.807, 2.05) is 50.2 Å². The van der Waals surface area contributed by atoms with Gasteiger partial charge in [-0.3, -0.25) is 4.79 Å². The number of anilines is 1. The number of nitrogens with zero attached hydrogens (tertiary/aromatic N) is 6. The van der Waals surface area contributed by atoms with E-state index in [9.17, 15) is 4.79 Å². The third-order valence-corrected chi connectivity index (χ3v) is 5.46. The lowest BCUT2D eigenvalue weighted by atomic mass is 9.86. The number of nitrogens with one attached hydrogen (secondary N) is 1. The SMILES string of the molecule is CCCOc1cccc([C@H]2CC(=O)Nc3c2c(C)nn3-c2ccc3nnc(C)n3n2)c1. The van der Waals surface area contributed by atoms with Crippen molar-refractivity contribution in [2.75, 3.05) is 11.9 Å². The molecule has 1 aromatic carbocycles. The topological polar surface area (TPSA) is 99.2 Å². The second-order valence-electron chi connectivity index (χ2n) is 7.69. The molecule has 0 spiro atoms. The summed E-state index contributed by atoms with van der Waals surface area (Å²) in [5.41, 5.74) is 3.53. The predicted octanol–water partition coefficient (Wildman–Crippen LogP) is 3.19. The molecule has 9 heteroatoms.